The van der Waals surface area contributed by atoms with Crippen LogP contribution >= 0.6 is 0 Å². The number of likely N-dealkylation sites (tertiary alicyclic amines) is 2. The Morgan fingerprint density at radius 2 is 1.19 bits per heavy atom. The van der Waals surface area contributed by atoms with E-state index < -0.39 is 53.7 Å². The molecule has 0 spiro atoms. The van der Waals surface area contributed by atoms with Crippen molar-refractivity contribution in [3.8, 4) is 45.1 Å². The van der Waals surface area contributed by atoms with Crippen molar-refractivity contribution in [2.75, 3.05) is 19.9 Å². The van der Waals surface area contributed by atoms with E-state index in [-0.39, 0.29) is 49.5 Å². The smallest absolute Gasteiger partial charge is 0.410 e. The highest BCUT2D eigenvalue weighted by Gasteiger charge is 2.44. The van der Waals surface area contributed by atoms with Gasteiger partial charge in [-0.15, -0.1) is 0 Å². The van der Waals surface area contributed by atoms with Crippen LogP contribution in [0, 0.1) is 11.8 Å². The molecular weight excluding hydrogens is 959 g/mol. The third-order valence-corrected chi connectivity index (χ3v) is 13.8. The van der Waals surface area contributed by atoms with Gasteiger partial charge >= 0.3 is 18.3 Å². The van der Waals surface area contributed by atoms with Gasteiger partial charge in [0.15, 0.2) is 11.5 Å². The van der Waals surface area contributed by atoms with Crippen molar-refractivity contribution in [3.63, 3.8) is 0 Å². The van der Waals surface area contributed by atoms with Gasteiger partial charge in [-0.05, 0) is 100 Å². The molecule has 5 amide bonds. The number of carbonyl (C=O) groups is 5. The third-order valence-electron chi connectivity index (χ3n) is 13.8. The van der Waals surface area contributed by atoms with Crippen molar-refractivity contribution in [2.24, 2.45) is 11.8 Å². The van der Waals surface area contributed by atoms with E-state index in [2.05, 4.69) is 32.7 Å². The summed E-state index contributed by atoms with van der Waals surface area (Å²) in [5, 5.41) is 5.60. The number of alkyl carbamates (subject to hydrolysis) is 2. The van der Waals surface area contributed by atoms with Gasteiger partial charge in [-0.1, -0.05) is 82.3 Å². The zero-order valence-corrected chi connectivity index (χ0v) is 44.4. The zero-order chi connectivity index (χ0) is 53.5. The summed E-state index contributed by atoms with van der Waals surface area (Å²) in [5.41, 5.74) is 5.76. The van der Waals surface area contributed by atoms with Crippen molar-refractivity contribution in [3.05, 3.63) is 95.8 Å². The summed E-state index contributed by atoms with van der Waals surface area (Å²) in [4.78, 5) is 89.4. The Kier molecular flexibility index (Phi) is 14.6. The standard InChI is InChI=1S/C56H69N9O10/c1-31(2)45(61-52(68)74-55(5,6)7)50(66)64-23-11-12-42(64)48-57-25-40(59-48)35-17-13-33(14-18-35)34-15-19-36(20-16-34)41-26-58-49(60-41)43-24-38(28-65(43)51(67)46(32(3)4)62-53(69)75-56(8,9)10)73-54(70)63-27-37-21-22-44-47(39(37)29-63)72-30-71-44/h13-22,25-26,31-32,38,42-43,45-46H,11-12,23-24,27-30H2,1-10H3,(H,57,59)(H,58,60)(H,61,68)(H,62,69)/t38-,42?,43?,45+,46+/m1/s1. The van der Waals surface area contributed by atoms with Crippen molar-refractivity contribution < 1.29 is 47.7 Å². The second-order valence-corrected chi connectivity index (χ2v) is 22.5. The molecule has 3 aromatic carbocycles. The Morgan fingerprint density at radius 3 is 1.72 bits per heavy atom. The SMILES string of the molecule is CC(C)[C@H](NC(=O)OC(C)(C)C)C(=O)N1CCCC1c1ncc(-c2ccc(-c3ccc(-c4cnc(C5C[C@@H](OC(=O)N6Cc7ccc8c(c7C6)OCO8)CN5C(=O)[C@@H](NC(=O)OC(C)(C)C)C(C)C)[nH]4)cc3)cc2)[nH]1. The van der Waals surface area contributed by atoms with Crippen LogP contribution in [-0.4, -0.2) is 114 Å². The predicted octanol–water partition coefficient (Wildman–Crippen LogP) is 9.42. The second-order valence-electron chi connectivity index (χ2n) is 22.5. The molecule has 4 aliphatic heterocycles. The summed E-state index contributed by atoms with van der Waals surface area (Å²) in [6.07, 6.45) is 2.86. The number of carbonyl (C=O) groups excluding carboxylic acids is 5. The monoisotopic (exact) mass is 1030 g/mol. The summed E-state index contributed by atoms with van der Waals surface area (Å²) in [7, 11) is 0. The molecule has 2 saturated heterocycles. The van der Waals surface area contributed by atoms with E-state index in [0.717, 1.165) is 57.6 Å². The minimum atomic E-state index is -0.928. The van der Waals surface area contributed by atoms with Gasteiger partial charge in [0.2, 0.25) is 18.6 Å². The number of rotatable bonds is 12. The van der Waals surface area contributed by atoms with Crippen molar-refractivity contribution in [1.29, 1.82) is 0 Å². The van der Waals surface area contributed by atoms with Gasteiger partial charge in [-0.3, -0.25) is 14.5 Å². The van der Waals surface area contributed by atoms with Crippen LogP contribution in [-0.2, 0) is 36.9 Å². The number of hydrogen-bond donors (Lipinski definition) is 4. The molecule has 5 atom stereocenters. The Morgan fingerprint density at radius 1 is 0.667 bits per heavy atom. The molecule has 75 heavy (non-hydrogen) atoms. The normalized spacial score (nSPS) is 19.0. The fourth-order valence-electron chi connectivity index (χ4n) is 10.1. The summed E-state index contributed by atoms with van der Waals surface area (Å²) < 4.78 is 28.4. The van der Waals surface area contributed by atoms with Crippen LogP contribution in [0.4, 0.5) is 14.4 Å². The average Bonchev–Trinajstić information content (AvgIpc) is 4.21. The van der Waals surface area contributed by atoms with E-state index in [4.69, 9.17) is 33.7 Å². The number of nitrogens with one attached hydrogen (secondary N) is 4. The fraction of sp³-hybridized carbons (Fsp3) is 0.482. The molecule has 0 radical (unpaired) electrons. The van der Waals surface area contributed by atoms with E-state index >= 15 is 0 Å². The number of nitrogens with zero attached hydrogens (tertiary/aromatic N) is 5. The molecule has 9 rings (SSSR count). The lowest BCUT2D eigenvalue weighted by atomic mass is 10.0. The molecule has 6 heterocycles. The van der Waals surface area contributed by atoms with E-state index in [1.54, 1.807) is 63.7 Å². The van der Waals surface area contributed by atoms with E-state index in [1.165, 1.54) is 0 Å². The fourth-order valence-corrected chi connectivity index (χ4v) is 10.1. The van der Waals surface area contributed by atoms with E-state index in [1.807, 2.05) is 81.1 Å². The summed E-state index contributed by atoms with van der Waals surface area (Å²) >= 11 is 0. The van der Waals surface area contributed by atoms with Crippen LogP contribution in [0.1, 0.15) is 123 Å². The highest BCUT2D eigenvalue weighted by molar-refractivity contribution is 5.87. The maximum atomic E-state index is 14.6. The Bertz CT molecular complexity index is 2920. The van der Waals surface area contributed by atoms with E-state index in [0.29, 0.717) is 42.8 Å². The topological polar surface area (TPSA) is 223 Å². The molecule has 0 bridgehead atoms. The molecule has 2 fully saturated rings. The highest BCUT2D eigenvalue weighted by atomic mass is 16.7. The minimum Gasteiger partial charge on any atom is -0.454 e. The first kappa shape index (κ1) is 52.3. The molecule has 0 aliphatic carbocycles. The number of fused-ring (bicyclic) bond motifs is 3. The number of aromatic nitrogens is 4. The Hall–Kier alpha value is -7.57. The van der Waals surface area contributed by atoms with Crippen LogP contribution < -0.4 is 20.1 Å². The van der Waals surface area contributed by atoms with Crippen LogP contribution in [0.3, 0.4) is 0 Å². The van der Waals surface area contributed by atoms with Crippen molar-refractivity contribution in [1.82, 2.24) is 45.3 Å². The first-order chi connectivity index (χ1) is 35.6. The molecular formula is C56H69N9O10. The first-order valence-electron chi connectivity index (χ1n) is 25.9. The quantitative estimate of drug-likeness (QED) is 0.0859. The number of H-pyrrole nitrogens is 2. The maximum Gasteiger partial charge on any atom is 0.410 e. The van der Waals surface area contributed by atoms with Gasteiger partial charge in [0.25, 0.3) is 0 Å². The predicted molar refractivity (Wildman–Crippen MR) is 278 cm³/mol. The average molecular weight is 1030 g/mol. The minimum absolute atomic E-state index is 0.0856. The number of ether oxygens (including phenoxy) is 5. The van der Waals surface area contributed by atoms with Crippen LogP contribution in [0.15, 0.2) is 73.1 Å². The lowest BCUT2D eigenvalue weighted by Gasteiger charge is -2.31. The summed E-state index contributed by atoms with van der Waals surface area (Å²) in [6, 6.07) is 17.5. The lowest BCUT2D eigenvalue weighted by Crippen LogP contribution is -2.52. The van der Waals surface area contributed by atoms with Gasteiger partial charge in [-0.2, -0.15) is 0 Å². The molecule has 4 aliphatic rings. The molecule has 19 heteroatoms. The van der Waals surface area contributed by atoms with Crippen LogP contribution in [0.2, 0.25) is 0 Å². The summed E-state index contributed by atoms with van der Waals surface area (Å²) in [6.45, 7) is 19.6. The van der Waals surface area contributed by atoms with Gasteiger partial charge < -0.3 is 54.1 Å². The van der Waals surface area contributed by atoms with Crippen molar-refractivity contribution in [2.45, 2.75) is 143 Å². The highest BCUT2D eigenvalue weighted by Crippen LogP contribution is 2.42. The molecule has 2 aromatic heterocycles. The number of benzene rings is 3. The molecule has 5 aromatic rings. The van der Waals surface area contributed by atoms with Gasteiger partial charge in [-0.25, -0.2) is 24.4 Å². The zero-order valence-electron chi connectivity index (χ0n) is 44.4. The Balaban J connectivity index is 0.873. The van der Waals surface area contributed by atoms with Gasteiger partial charge in [0, 0.05) is 25.1 Å². The lowest BCUT2D eigenvalue weighted by molar-refractivity contribution is -0.136. The van der Waals surface area contributed by atoms with Crippen molar-refractivity contribution >= 4 is 30.1 Å². The molecule has 398 valence electrons. The van der Waals surface area contributed by atoms with Gasteiger partial charge in [0.05, 0.1) is 49.0 Å². The number of hydrogen-bond acceptors (Lipinski definition) is 12. The van der Waals surface area contributed by atoms with E-state index in [9.17, 15) is 24.0 Å². The maximum absolute atomic E-state index is 14.6. The number of imidazole rings is 2. The third kappa shape index (κ3) is 11.7. The van der Waals surface area contributed by atoms with Crippen LogP contribution in [0.25, 0.3) is 33.6 Å². The largest absolute Gasteiger partial charge is 0.454 e. The molecule has 19 nitrogen and oxygen atoms in total. The number of aromatic amines is 2. The summed E-state index contributed by atoms with van der Waals surface area (Å²) in [5.74, 6) is 1.56. The van der Waals surface area contributed by atoms with Crippen LogP contribution in [0.5, 0.6) is 11.5 Å². The molecule has 2 unspecified atom stereocenters. The molecule has 4 N–H and O–H groups in total. The molecule has 0 saturated carbocycles. The second kappa shape index (κ2) is 21.0. The Labute approximate surface area is 437 Å². The number of amides is 5. The first-order valence-corrected chi connectivity index (χ1v) is 25.9. The van der Waals surface area contributed by atoms with Gasteiger partial charge in [0.1, 0.15) is 41.0 Å².